The molecule has 1 N–H and O–H groups in total. The van der Waals surface area contributed by atoms with Crippen molar-refractivity contribution in [3.63, 3.8) is 0 Å². The van der Waals surface area contributed by atoms with Crippen LogP contribution in [0, 0.1) is 0 Å². The van der Waals surface area contributed by atoms with Crippen molar-refractivity contribution in [1.82, 2.24) is 0 Å². The lowest BCUT2D eigenvalue weighted by molar-refractivity contribution is 0.452. The summed E-state index contributed by atoms with van der Waals surface area (Å²) in [4.78, 5) is 0. The van der Waals surface area contributed by atoms with Gasteiger partial charge < -0.3 is 5.11 Å². The van der Waals surface area contributed by atoms with Crippen molar-refractivity contribution in [3.8, 4) is 5.75 Å². The second-order valence-electron chi connectivity index (χ2n) is 8.02. The Hall–Kier alpha value is -1.76. The molecule has 0 saturated heterocycles. The molecular formula is C25H36O. The van der Waals surface area contributed by atoms with E-state index < -0.39 is 0 Å². The van der Waals surface area contributed by atoms with Crippen LogP contribution in [0.25, 0.3) is 0 Å². The van der Waals surface area contributed by atoms with Crippen LogP contribution >= 0.6 is 0 Å². The second kappa shape index (κ2) is 10.4. The lowest BCUT2D eigenvalue weighted by Gasteiger charge is -2.29. The molecule has 2 aromatic rings. The Kier molecular flexibility index (Phi) is 8.22. The van der Waals surface area contributed by atoms with Crippen LogP contribution in [-0.2, 0) is 11.8 Å². The largest absolute Gasteiger partial charge is 0.508 e. The smallest absolute Gasteiger partial charge is 0.119 e. The van der Waals surface area contributed by atoms with Gasteiger partial charge in [0.2, 0.25) is 0 Å². The maximum atomic E-state index is 10.3. The molecule has 2 rings (SSSR count). The second-order valence-corrected chi connectivity index (χ2v) is 8.02. The number of rotatable bonds is 11. The van der Waals surface area contributed by atoms with Crippen molar-refractivity contribution in [2.75, 3.05) is 0 Å². The van der Waals surface area contributed by atoms with Gasteiger partial charge in [0.15, 0.2) is 0 Å². The normalized spacial score (nSPS) is 11.7. The number of phenolic OH excluding ortho intramolecular Hbond substituents is 1. The van der Waals surface area contributed by atoms with Crippen molar-refractivity contribution in [3.05, 3.63) is 65.2 Å². The number of hydrogen-bond acceptors (Lipinski definition) is 1. The van der Waals surface area contributed by atoms with E-state index >= 15 is 0 Å². The van der Waals surface area contributed by atoms with Gasteiger partial charge in [-0.25, -0.2) is 0 Å². The summed E-state index contributed by atoms with van der Waals surface area (Å²) in [6, 6.07) is 16.5. The maximum Gasteiger partial charge on any atom is 0.119 e. The van der Waals surface area contributed by atoms with E-state index in [-0.39, 0.29) is 5.41 Å². The zero-order chi connectivity index (χ0) is 18.8. The highest BCUT2D eigenvalue weighted by Gasteiger charge is 2.27. The molecule has 0 aromatic heterocycles. The molecule has 0 saturated carbocycles. The molecule has 142 valence electrons. The summed E-state index contributed by atoms with van der Waals surface area (Å²) in [5.74, 6) is 0.388. The average Bonchev–Trinajstić information content (AvgIpc) is 2.64. The maximum absolute atomic E-state index is 10.3. The Bertz CT molecular complexity index is 657. The molecule has 0 bridgehead atoms. The SMILES string of the molecule is CCCCCCCCCCc1ccccc1C(C)(C)c1ccccc1O. The summed E-state index contributed by atoms with van der Waals surface area (Å²) in [7, 11) is 0. The highest BCUT2D eigenvalue weighted by Crippen LogP contribution is 2.38. The number of benzene rings is 2. The fourth-order valence-corrected chi connectivity index (χ4v) is 3.94. The van der Waals surface area contributed by atoms with Crippen LogP contribution in [-0.4, -0.2) is 5.11 Å². The molecule has 0 aliphatic heterocycles. The predicted octanol–water partition coefficient (Wildman–Crippen LogP) is 7.40. The first-order chi connectivity index (χ1) is 12.6. The summed E-state index contributed by atoms with van der Waals surface area (Å²) in [6.45, 7) is 6.71. The fraction of sp³-hybridized carbons (Fsp3) is 0.520. The third-order valence-electron chi connectivity index (χ3n) is 5.57. The lowest BCUT2D eigenvalue weighted by atomic mass is 9.75. The van der Waals surface area contributed by atoms with Crippen molar-refractivity contribution in [2.24, 2.45) is 0 Å². The first kappa shape index (κ1) is 20.6. The van der Waals surface area contributed by atoms with Crippen LogP contribution in [0.3, 0.4) is 0 Å². The molecule has 0 spiro atoms. The van der Waals surface area contributed by atoms with Crippen molar-refractivity contribution in [1.29, 1.82) is 0 Å². The van der Waals surface area contributed by atoms with E-state index in [0.717, 1.165) is 12.0 Å². The van der Waals surface area contributed by atoms with Gasteiger partial charge in [0.1, 0.15) is 5.75 Å². The molecule has 2 aromatic carbocycles. The van der Waals surface area contributed by atoms with Crippen LogP contribution in [0.15, 0.2) is 48.5 Å². The Morgan fingerprint density at radius 1 is 0.692 bits per heavy atom. The van der Waals surface area contributed by atoms with Crippen LogP contribution in [0.5, 0.6) is 5.75 Å². The number of hydrogen-bond donors (Lipinski definition) is 1. The molecule has 1 nitrogen and oxygen atoms in total. The average molecular weight is 353 g/mol. The first-order valence-corrected chi connectivity index (χ1v) is 10.4. The minimum Gasteiger partial charge on any atom is -0.508 e. The molecule has 1 heteroatoms. The Balaban J connectivity index is 1.96. The molecule has 0 aliphatic carbocycles. The van der Waals surface area contributed by atoms with E-state index in [1.807, 2.05) is 18.2 Å². The summed E-state index contributed by atoms with van der Waals surface area (Å²) in [5.41, 5.74) is 3.57. The van der Waals surface area contributed by atoms with Gasteiger partial charge in [0.05, 0.1) is 0 Å². The van der Waals surface area contributed by atoms with Crippen LogP contribution in [0.2, 0.25) is 0 Å². The predicted molar refractivity (Wildman–Crippen MR) is 113 cm³/mol. The van der Waals surface area contributed by atoms with Gasteiger partial charge in [-0.3, -0.25) is 0 Å². The molecule has 0 unspecified atom stereocenters. The standard InChI is InChI=1S/C25H36O/c1-4-5-6-7-8-9-10-11-16-21-17-12-13-18-22(21)25(2,3)23-19-14-15-20-24(23)26/h12-15,17-20,26H,4-11,16H2,1-3H3. The highest BCUT2D eigenvalue weighted by atomic mass is 16.3. The number of phenols is 1. The van der Waals surface area contributed by atoms with Gasteiger partial charge in [-0.1, -0.05) is 108 Å². The van der Waals surface area contributed by atoms with Gasteiger partial charge in [-0.05, 0) is 30.0 Å². The number of aryl methyl sites for hydroxylation is 1. The molecule has 0 aliphatic rings. The summed E-state index contributed by atoms with van der Waals surface area (Å²) < 4.78 is 0. The minimum absolute atomic E-state index is 0.192. The number of aromatic hydroxyl groups is 1. The van der Waals surface area contributed by atoms with Gasteiger partial charge in [0.25, 0.3) is 0 Å². The molecule has 0 fully saturated rings. The van der Waals surface area contributed by atoms with Gasteiger partial charge in [0, 0.05) is 11.0 Å². The Labute approximate surface area is 160 Å². The van der Waals surface area contributed by atoms with E-state index in [9.17, 15) is 5.11 Å². The fourth-order valence-electron chi connectivity index (χ4n) is 3.94. The third kappa shape index (κ3) is 5.62. The van der Waals surface area contributed by atoms with E-state index in [1.54, 1.807) is 6.07 Å². The topological polar surface area (TPSA) is 20.2 Å². The van der Waals surface area contributed by atoms with Crippen LogP contribution < -0.4 is 0 Å². The third-order valence-corrected chi connectivity index (χ3v) is 5.57. The van der Waals surface area contributed by atoms with Gasteiger partial charge in [-0.2, -0.15) is 0 Å². The number of unbranched alkanes of at least 4 members (excludes halogenated alkanes) is 7. The van der Waals surface area contributed by atoms with Crippen molar-refractivity contribution in [2.45, 2.75) is 84.0 Å². The van der Waals surface area contributed by atoms with Gasteiger partial charge >= 0.3 is 0 Å². The van der Waals surface area contributed by atoms with Gasteiger partial charge in [-0.15, -0.1) is 0 Å². The molecular weight excluding hydrogens is 316 g/mol. The molecule has 0 amide bonds. The Morgan fingerprint density at radius 2 is 1.23 bits per heavy atom. The lowest BCUT2D eigenvalue weighted by Crippen LogP contribution is -2.21. The van der Waals surface area contributed by atoms with E-state index in [4.69, 9.17) is 0 Å². The van der Waals surface area contributed by atoms with Crippen LogP contribution in [0.1, 0.15) is 88.8 Å². The van der Waals surface area contributed by atoms with E-state index in [1.165, 1.54) is 62.5 Å². The molecule has 0 atom stereocenters. The first-order valence-electron chi connectivity index (χ1n) is 10.4. The number of para-hydroxylation sites is 1. The Morgan fingerprint density at radius 3 is 1.88 bits per heavy atom. The zero-order valence-electron chi connectivity index (χ0n) is 16.9. The highest BCUT2D eigenvalue weighted by molar-refractivity contribution is 5.47. The van der Waals surface area contributed by atoms with Crippen LogP contribution in [0.4, 0.5) is 0 Å². The molecule has 0 heterocycles. The van der Waals surface area contributed by atoms with Crippen molar-refractivity contribution < 1.29 is 5.11 Å². The van der Waals surface area contributed by atoms with Crippen molar-refractivity contribution >= 4 is 0 Å². The summed E-state index contributed by atoms with van der Waals surface area (Å²) in [5, 5.41) is 10.3. The quantitative estimate of drug-likeness (QED) is 0.418. The summed E-state index contributed by atoms with van der Waals surface area (Å²) >= 11 is 0. The minimum atomic E-state index is -0.192. The summed E-state index contributed by atoms with van der Waals surface area (Å²) in [6.07, 6.45) is 11.9. The van der Waals surface area contributed by atoms with E-state index in [2.05, 4.69) is 45.0 Å². The monoisotopic (exact) mass is 352 g/mol. The molecule has 26 heavy (non-hydrogen) atoms. The molecule has 0 radical (unpaired) electrons. The van der Waals surface area contributed by atoms with E-state index in [0.29, 0.717) is 5.75 Å². The zero-order valence-corrected chi connectivity index (χ0v) is 16.9.